The molecule has 3 aromatic heterocycles. The van der Waals surface area contributed by atoms with Crippen LogP contribution in [0.2, 0.25) is 0 Å². The average molecular weight is 353 g/mol. The van der Waals surface area contributed by atoms with Crippen LogP contribution < -0.4 is 11.1 Å². The lowest BCUT2D eigenvalue weighted by molar-refractivity contribution is -0.121. The molecule has 26 heavy (non-hydrogen) atoms. The molecule has 3 heterocycles. The highest BCUT2D eigenvalue weighted by Gasteiger charge is 2.07. The zero-order valence-electron chi connectivity index (χ0n) is 14.2. The number of pyridine rings is 2. The summed E-state index contributed by atoms with van der Waals surface area (Å²) < 4.78 is 1.75. The lowest BCUT2D eigenvalue weighted by Crippen LogP contribution is -2.30. The van der Waals surface area contributed by atoms with E-state index < -0.39 is 0 Å². The molecule has 3 rings (SSSR count). The fraction of sp³-hybridized carbons (Fsp3) is 0.167. The molecule has 0 aliphatic heterocycles. The molecule has 3 aromatic rings. The molecule has 1 amide bonds. The van der Waals surface area contributed by atoms with Gasteiger partial charge in [-0.2, -0.15) is 0 Å². The molecule has 0 aromatic carbocycles. The highest BCUT2D eigenvalue weighted by atomic mass is 16.1. The van der Waals surface area contributed by atoms with Crippen molar-refractivity contribution >= 4 is 28.5 Å². The number of rotatable bonds is 7. The summed E-state index contributed by atoms with van der Waals surface area (Å²) in [5.41, 5.74) is 8.87. The number of fused-ring (bicyclic) bond motifs is 1. The van der Waals surface area contributed by atoms with E-state index in [1.807, 2.05) is 12.1 Å². The van der Waals surface area contributed by atoms with Gasteiger partial charge in [0.1, 0.15) is 12.4 Å². The first-order valence-electron chi connectivity index (χ1n) is 8.07. The monoisotopic (exact) mass is 353 g/mol. The van der Waals surface area contributed by atoms with Crippen LogP contribution in [-0.2, 0) is 11.3 Å². The van der Waals surface area contributed by atoms with Gasteiger partial charge in [0.15, 0.2) is 0 Å². The number of amidine groups is 1. The Balaban J connectivity index is 0.00000196. The van der Waals surface area contributed by atoms with Crippen molar-refractivity contribution in [3.05, 3.63) is 61.5 Å². The van der Waals surface area contributed by atoms with Crippen molar-refractivity contribution in [3.63, 3.8) is 0 Å². The second kappa shape index (κ2) is 8.02. The third-order valence-electron chi connectivity index (χ3n) is 3.71. The van der Waals surface area contributed by atoms with Gasteiger partial charge in [-0.15, -0.1) is 0 Å². The predicted molar refractivity (Wildman–Crippen MR) is 104 cm³/mol. The first-order valence-corrected chi connectivity index (χ1v) is 8.07. The Labute approximate surface area is 153 Å². The maximum Gasteiger partial charge on any atom is 0.240 e. The highest BCUT2D eigenvalue weighted by molar-refractivity contribution is 5.87. The van der Waals surface area contributed by atoms with Gasteiger partial charge in [-0.1, -0.05) is 6.58 Å². The fourth-order valence-electron chi connectivity index (χ4n) is 2.40. The van der Waals surface area contributed by atoms with Crippen molar-refractivity contribution in [2.75, 3.05) is 6.54 Å². The smallest absolute Gasteiger partial charge is 0.240 e. The predicted octanol–water partition coefficient (Wildman–Crippen LogP) is 1.85. The molecule has 0 aliphatic carbocycles. The van der Waals surface area contributed by atoms with Gasteiger partial charge < -0.3 is 15.6 Å². The number of nitrogens with zero attached hydrogens (tertiary/aromatic N) is 5. The van der Waals surface area contributed by atoms with Crippen LogP contribution in [0.3, 0.4) is 0 Å². The molecule has 0 aliphatic rings. The van der Waals surface area contributed by atoms with Crippen LogP contribution in [0.15, 0.2) is 60.9 Å². The van der Waals surface area contributed by atoms with E-state index in [-0.39, 0.29) is 15.3 Å². The average Bonchev–Trinajstić information content (AvgIpc) is 3.05. The summed E-state index contributed by atoms with van der Waals surface area (Å²) in [4.78, 5) is 28.6. The molecule has 0 spiro atoms. The molecule has 0 atom stereocenters. The number of aromatic nitrogens is 4. The van der Waals surface area contributed by atoms with Gasteiger partial charge in [0.05, 0.1) is 29.3 Å². The summed E-state index contributed by atoms with van der Waals surface area (Å²) in [6.07, 6.45) is 8.76. The van der Waals surface area contributed by atoms with Crippen molar-refractivity contribution in [3.8, 4) is 0 Å². The Morgan fingerprint density at radius 2 is 2.15 bits per heavy atom. The van der Waals surface area contributed by atoms with Gasteiger partial charge in [-0.3, -0.25) is 14.8 Å². The Kier molecular flexibility index (Phi) is 5.33. The van der Waals surface area contributed by atoms with Gasteiger partial charge in [-0.05, 0) is 18.2 Å². The van der Waals surface area contributed by atoms with E-state index in [1.54, 1.807) is 41.7 Å². The van der Waals surface area contributed by atoms with Gasteiger partial charge >= 0.3 is 0 Å². The van der Waals surface area contributed by atoms with Crippen LogP contribution in [-0.4, -0.2) is 37.8 Å². The van der Waals surface area contributed by atoms with E-state index in [1.165, 1.54) is 0 Å². The Hall–Kier alpha value is -3.55. The van der Waals surface area contributed by atoms with Crippen LogP contribution in [0.25, 0.3) is 16.7 Å². The summed E-state index contributed by atoms with van der Waals surface area (Å²) in [5, 5.41) is 2.82. The number of hydrogen-bond acceptors (Lipinski definition) is 5. The molecule has 136 valence electrons. The summed E-state index contributed by atoms with van der Waals surface area (Å²) in [6.45, 7) is 4.43. The summed E-state index contributed by atoms with van der Waals surface area (Å²) in [7, 11) is 0. The zero-order chi connectivity index (χ0) is 18.4. The summed E-state index contributed by atoms with van der Waals surface area (Å²) in [5.74, 6) is 0.267. The van der Waals surface area contributed by atoms with Gasteiger partial charge in [-0.25, -0.2) is 9.98 Å². The van der Waals surface area contributed by atoms with E-state index in [0.29, 0.717) is 24.5 Å². The van der Waals surface area contributed by atoms with Crippen molar-refractivity contribution in [2.45, 2.75) is 13.0 Å². The van der Waals surface area contributed by atoms with E-state index in [2.05, 4.69) is 31.8 Å². The lowest BCUT2D eigenvalue weighted by atomic mass is 10.2. The quantitative estimate of drug-likeness (QED) is 0.497. The minimum absolute atomic E-state index is 0. The molecule has 0 radical (unpaired) electrons. The number of carbonyl (C=O) groups excluding carboxylic acids is 1. The van der Waals surface area contributed by atoms with E-state index in [4.69, 9.17) is 5.73 Å². The normalized spacial score (nSPS) is 11.5. The maximum atomic E-state index is 12.1. The van der Waals surface area contributed by atoms with Crippen molar-refractivity contribution in [1.29, 1.82) is 0 Å². The van der Waals surface area contributed by atoms with Gasteiger partial charge in [0.2, 0.25) is 5.91 Å². The Morgan fingerprint density at radius 3 is 2.96 bits per heavy atom. The topological polar surface area (TPSA) is 111 Å². The second-order valence-electron chi connectivity index (χ2n) is 5.63. The molecule has 8 heteroatoms. The third-order valence-corrected chi connectivity index (χ3v) is 3.71. The maximum absolute atomic E-state index is 12.1. The molecular weight excluding hydrogens is 330 g/mol. The lowest BCUT2D eigenvalue weighted by Gasteiger charge is -2.07. The Morgan fingerprint density at radius 1 is 1.31 bits per heavy atom. The number of nitrogens with two attached hydrogens (primary N) is 1. The molecular formula is C18H23N7O. The zero-order valence-corrected chi connectivity index (χ0v) is 14.2. The first-order chi connectivity index (χ1) is 12.6. The molecule has 3 N–H and O–H groups in total. The molecule has 0 saturated carbocycles. The number of carbonyl (C=O) groups is 1. The van der Waals surface area contributed by atoms with Crippen LogP contribution in [0.5, 0.6) is 0 Å². The number of imidazole rings is 1. The van der Waals surface area contributed by atoms with Crippen molar-refractivity contribution < 1.29 is 7.65 Å². The molecule has 0 saturated heterocycles. The van der Waals surface area contributed by atoms with Gasteiger partial charge in [0, 0.05) is 40.0 Å². The Bertz CT molecular complexity index is 957. The van der Waals surface area contributed by atoms with Gasteiger partial charge in [0.25, 0.3) is 0 Å². The van der Waals surface area contributed by atoms with Crippen LogP contribution in [0, 0.1) is 0 Å². The van der Waals surface area contributed by atoms with E-state index >= 15 is 0 Å². The summed E-state index contributed by atoms with van der Waals surface area (Å²) >= 11 is 0. The van der Waals surface area contributed by atoms with Crippen LogP contribution >= 0.6 is 0 Å². The molecule has 0 bridgehead atoms. The molecule has 0 unspecified atom stereocenters. The molecule has 0 fully saturated rings. The number of nitrogens with one attached hydrogen (secondary N) is 1. The third kappa shape index (κ3) is 4.29. The number of aliphatic imine (C=N–C) groups is 1. The van der Waals surface area contributed by atoms with Crippen molar-refractivity contribution in [2.24, 2.45) is 10.7 Å². The largest absolute Gasteiger partial charge is 0.387 e. The van der Waals surface area contributed by atoms with Crippen molar-refractivity contribution in [1.82, 2.24) is 24.8 Å². The summed E-state index contributed by atoms with van der Waals surface area (Å²) in [6, 6.07) is 5.47. The number of hydrogen-bond donors (Lipinski definition) is 2. The standard InChI is InChI=1S/C18H19N7O.2H2/c1-13(14-3-2-6-20-9-14)24-17(19)5-8-22-18(26)11-25-12-23-15-4-7-21-10-16(15)25;;/h2-4,6-7,9-10,12H,1,5,8,11H2,(H2,19,24)(H,22,26);2*1H. The SMILES string of the molecule is C=C(N=C(N)CCNC(=O)Cn1cnc2ccncc21)c1cccnc1.[HH].[HH]. The number of amides is 1. The minimum Gasteiger partial charge on any atom is -0.387 e. The van der Waals surface area contributed by atoms with Crippen LogP contribution in [0.4, 0.5) is 0 Å². The van der Waals surface area contributed by atoms with E-state index in [0.717, 1.165) is 16.6 Å². The van der Waals surface area contributed by atoms with E-state index in [9.17, 15) is 4.79 Å². The highest BCUT2D eigenvalue weighted by Crippen LogP contribution is 2.11. The fourth-order valence-corrected chi connectivity index (χ4v) is 2.40. The minimum atomic E-state index is -0.132. The second-order valence-corrected chi connectivity index (χ2v) is 5.63. The first kappa shape index (κ1) is 17.3. The van der Waals surface area contributed by atoms with Crippen LogP contribution in [0.1, 0.15) is 14.8 Å². The molecule has 8 nitrogen and oxygen atoms in total.